The van der Waals surface area contributed by atoms with Crippen molar-refractivity contribution in [1.82, 2.24) is 5.32 Å². The van der Waals surface area contributed by atoms with Gasteiger partial charge in [0, 0.05) is 12.5 Å². The smallest absolute Gasteiger partial charge is 0.306 e. The summed E-state index contributed by atoms with van der Waals surface area (Å²) in [5.41, 5.74) is 0. The molecule has 4 nitrogen and oxygen atoms in total. The largest absolute Gasteiger partial charge is 0.481 e. The lowest BCUT2D eigenvalue weighted by atomic mass is 9.81. The molecule has 0 amide bonds. The van der Waals surface area contributed by atoms with Crippen molar-refractivity contribution in [3.63, 3.8) is 0 Å². The van der Waals surface area contributed by atoms with Gasteiger partial charge in [-0.2, -0.15) is 0 Å². The highest BCUT2D eigenvalue weighted by molar-refractivity contribution is 5.86. The predicted octanol–water partition coefficient (Wildman–Crippen LogP) is 0.879. The number of aliphatic imine (C=N–C) groups is 1. The van der Waals surface area contributed by atoms with Crippen LogP contribution in [0.4, 0.5) is 0 Å². The van der Waals surface area contributed by atoms with Gasteiger partial charge in [0.15, 0.2) is 0 Å². The summed E-state index contributed by atoms with van der Waals surface area (Å²) >= 11 is 0. The topological polar surface area (TPSA) is 61.7 Å². The number of carboxylic acids is 1. The molecule has 0 aromatic carbocycles. The Bertz CT molecular complexity index is 255. The summed E-state index contributed by atoms with van der Waals surface area (Å²) in [7, 11) is 0. The highest BCUT2D eigenvalue weighted by atomic mass is 16.4. The van der Waals surface area contributed by atoms with Gasteiger partial charge in [-0.05, 0) is 25.7 Å². The van der Waals surface area contributed by atoms with Gasteiger partial charge in [0.2, 0.25) is 0 Å². The fourth-order valence-electron chi connectivity index (χ4n) is 2.30. The van der Waals surface area contributed by atoms with Crippen molar-refractivity contribution in [2.75, 3.05) is 13.1 Å². The van der Waals surface area contributed by atoms with E-state index in [0.29, 0.717) is 5.92 Å². The minimum Gasteiger partial charge on any atom is -0.481 e. The third-order valence-electron chi connectivity index (χ3n) is 3.16. The molecule has 1 heterocycles. The van der Waals surface area contributed by atoms with Gasteiger partial charge in [0.25, 0.3) is 0 Å². The third kappa shape index (κ3) is 1.89. The molecule has 4 heteroatoms. The Hall–Kier alpha value is -1.06. The van der Waals surface area contributed by atoms with Crippen LogP contribution < -0.4 is 5.32 Å². The SMILES string of the molecule is O=C(O)C1CCC(C2=NCCN2)CC1. The van der Waals surface area contributed by atoms with Crippen LogP contribution in [0.3, 0.4) is 0 Å². The van der Waals surface area contributed by atoms with Crippen LogP contribution in [0.5, 0.6) is 0 Å². The highest BCUT2D eigenvalue weighted by Gasteiger charge is 2.29. The summed E-state index contributed by atoms with van der Waals surface area (Å²) < 4.78 is 0. The molecule has 1 aliphatic heterocycles. The summed E-state index contributed by atoms with van der Waals surface area (Å²) in [6, 6.07) is 0. The molecule has 2 N–H and O–H groups in total. The zero-order valence-corrected chi connectivity index (χ0v) is 8.20. The molecule has 0 bridgehead atoms. The summed E-state index contributed by atoms with van der Waals surface area (Å²) in [6.07, 6.45) is 3.56. The molecule has 0 spiro atoms. The first-order valence-corrected chi connectivity index (χ1v) is 5.28. The van der Waals surface area contributed by atoms with E-state index in [1.54, 1.807) is 0 Å². The van der Waals surface area contributed by atoms with Crippen molar-refractivity contribution in [2.24, 2.45) is 16.8 Å². The average Bonchev–Trinajstić information content (AvgIpc) is 2.71. The highest BCUT2D eigenvalue weighted by Crippen LogP contribution is 2.29. The van der Waals surface area contributed by atoms with E-state index in [4.69, 9.17) is 5.11 Å². The number of rotatable bonds is 2. The predicted molar refractivity (Wildman–Crippen MR) is 53.4 cm³/mol. The van der Waals surface area contributed by atoms with E-state index in [0.717, 1.165) is 44.6 Å². The molecule has 0 atom stereocenters. The normalized spacial score (nSPS) is 32.1. The molecule has 0 aromatic rings. The Kier molecular flexibility index (Phi) is 2.70. The second-order valence-corrected chi connectivity index (χ2v) is 4.08. The summed E-state index contributed by atoms with van der Waals surface area (Å²) in [5, 5.41) is 12.1. The van der Waals surface area contributed by atoms with Gasteiger partial charge >= 0.3 is 5.97 Å². The number of hydrogen-bond donors (Lipinski definition) is 2. The number of aliphatic carboxylic acids is 1. The Morgan fingerprint density at radius 3 is 2.57 bits per heavy atom. The van der Waals surface area contributed by atoms with E-state index in [1.165, 1.54) is 0 Å². The first-order chi connectivity index (χ1) is 6.77. The lowest BCUT2D eigenvalue weighted by Crippen LogP contribution is -2.31. The fraction of sp³-hybridized carbons (Fsp3) is 0.800. The van der Waals surface area contributed by atoms with Crippen LogP contribution in [0, 0.1) is 11.8 Å². The molecule has 1 saturated carbocycles. The molecule has 0 saturated heterocycles. The minimum atomic E-state index is -0.634. The lowest BCUT2D eigenvalue weighted by Gasteiger charge is -2.26. The van der Waals surface area contributed by atoms with E-state index in [1.807, 2.05) is 0 Å². The maximum Gasteiger partial charge on any atom is 0.306 e. The van der Waals surface area contributed by atoms with Crippen molar-refractivity contribution in [2.45, 2.75) is 25.7 Å². The molecule has 2 aliphatic rings. The number of carbonyl (C=O) groups is 1. The summed E-state index contributed by atoms with van der Waals surface area (Å²) in [4.78, 5) is 15.1. The fourth-order valence-corrected chi connectivity index (χ4v) is 2.30. The maximum atomic E-state index is 10.7. The van der Waals surface area contributed by atoms with Crippen molar-refractivity contribution in [3.05, 3.63) is 0 Å². The maximum absolute atomic E-state index is 10.7. The Morgan fingerprint density at radius 1 is 1.36 bits per heavy atom. The first kappa shape index (κ1) is 9.49. The minimum absolute atomic E-state index is 0.117. The molecule has 78 valence electrons. The van der Waals surface area contributed by atoms with Crippen LogP contribution >= 0.6 is 0 Å². The second kappa shape index (κ2) is 3.98. The lowest BCUT2D eigenvalue weighted by molar-refractivity contribution is -0.142. The van der Waals surface area contributed by atoms with Gasteiger partial charge in [0.05, 0.1) is 18.3 Å². The number of carboxylic acid groups (broad SMARTS) is 1. The quantitative estimate of drug-likeness (QED) is 0.689. The average molecular weight is 196 g/mol. The van der Waals surface area contributed by atoms with E-state index in [-0.39, 0.29) is 5.92 Å². The standard InChI is InChI=1S/C10H16N2O2/c13-10(14)8-3-1-7(2-4-8)9-11-5-6-12-9/h7-8H,1-6H2,(H,11,12)(H,13,14). The van der Waals surface area contributed by atoms with E-state index in [2.05, 4.69) is 10.3 Å². The Balaban J connectivity index is 1.86. The van der Waals surface area contributed by atoms with Crippen molar-refractivity contribution in [1.29, 1.82) is 0 Å². The van der Waals surface area contributed by atoms with E-state index >= 15 is 0 Å². The van der Waals surface area contributed by atoms with Crippen LogP contribution in [0.15, 0.2) is 4.99 Å². The van der Waals surface area contributed by atoms with Gasteiger partial charge in [-0.15, -0.1) is 0 Å². The van der Waals surface area contributed by atoms with Crippen LogP contribution in [0.25, 0.3) is 0 Å². The van der Waals surface area contributed by atoms with Crippen LogP contribution in [0.1, 0.15) is 25.7 Å². The molecular weight excluding hydrogens is 180 g/mol. The number of nitrogens with one attached hydrogen (secondary N) is 1. The first-order valence-electron chi connectivity index (χ1n) is 5.28. The molecule has 0 aromatic heterocycles. The summed E-state index contributed by atoms with van der Waals surface area (Å²) in [6.45, 7) is 1.84. The molecule has 1 fully saturated rings. The van der Waals surface area contributed by atoms with E-state index < -0.39 is 5.97 Å². The zero-order valence-electron chi connectivity index (χ0n) is 8.20. The molecule has 2 rings (SSSR count). The Morgan fingerprint density at radius 2 is 2.07 bits per heavy atom. The van der Waals surface area contributed by atoms with Gasteiger partial charge < -0.3 is 10.4 Å². The molecule has 14 heavy (non-hydrogen) atoms. The molecule has 0 radical (unpaired) electrons. The number of hydrogen-bond acceptors (Lipinski definition) is 3. The zero-order chi connectivity index (χ0) is 9.97. The number of nitrogens with zero attached hydrogens (tertiary/aromatic N) is 1. The van der Waals surface area contributed by atoms with Crippen LogP contribution in [-0.2, 0) is 4.79 Å². The van der Waals surface area contributed by atoms with Gasteiger partial charge in [-0.25, -0.2) is 0 Å². The Labute approximate surface area is 83.4 Å². The van der Waals surface area contributed by atoms with Gasteiger partial charge in [0.1, 0.15) is 0 Å². The van der Waals surface area contributed by atoms with Crippen molar-refractivity contribution in [3.8, 4) is 0 Å². The second-order valence-electron chi connectivity index (χ2n) is 4.08. The summed E-state index contributed by atoms with van der Waals surface area (Å²) in [5.74, 6) is 0.861. The van der Waals surface area contributed by atoms with Crippen LogP contribution in [0.2, 0.25) is 0 Å². The molecule has 0 unspecified atom stereocenters. The van der Waals surface area contributed by atoms with Crippen molar-refractivity contribution >= 4 is 11.8 Å². The number of amidine groups is 1. The molecular formula is C10H16N2O2. The van der Waals surface area contributed by atoms with E-state index in [9.17, 15) is 4.79 Å². The third-order valence-corrected chi connectivity index (χ3v) is 3.16. The molecule has 1 aliphatic carbocycles. The van der Waals surface area contributed by atoms with Crippen molar-refractivity contribution < 1.29 is 9.90 Å². The van der Waals surface area contributed by atoms with Gasteiger partial charge in [-0.3, -0.25) is 9.79 Å². The van der Waals surface area contributed by atoms with Crippen LogP contribution in [-0.4, -0.2) is 30.0 Å². The van der Waals surface area contributed by atoms with Gasteiger partial charge in [-0.1, -0.05) is 0 Å². The monoisotopic (exact) mass is 196 g/mol.